The van der Waals surface area contributed by atoms with Gasteiger partial charge in [-0.3, -0.25) is 0 Å². The van der Waals surface area contributed by atoms with Gasteiger partial charge in [-0.2, -0.15) is 0 Å². The second-order valence-electron chi connectivity index (χ2n) is 6.12. The number of hydrogen-bond donors (Lipinski definition) is 2. The molecule has 0 bridgehead atoms. The van der Waals surface area contributed by atoms with Crippen molar-refractivity contribution in [3.05, 3.63) is 29.3 Å². The van der Waals surface area contributed by atoms with Gasteiger partial charge in [-0.1, -0.05) is 6.07 Å². The van der Waals surface area contributed by atoms with Crippen LogP contribution in [0.15, 0.2) is 18.2 Å². The molecule has 1 fully saturated rings. The van der Waals surface area contributed by atoms with E-state index in [9.17, 15) is 0 Å². The van der Waals surface area contributed by atoms with Crippen molar-refractivity contribution in [2.45, 2.75) is 44.7 Å². The molecule has 0 amide bonds. The lowest BCUT2D eigenvalue weighted by Gasteiger charge is -2.25. The highest BCUT2D eigenvalue weighted by Crippen LogP contribution is 2.32. The van der Waals surface area contributed by atoms with Crippen LogP contribution in [-0.2, 0) is 6.42 Å². The number of nitrogens with two attached hydrogens (primary N) is 1. The molecule has 19 heavy (non-hydrogen) atoms. The summed E-state index contributed by atoms with van der Waals surface area (Å²) in [5.74, 6) is 0. The second-order valence-corrected chi connectivity index (χ2v) is 6.12. The number of hydrogen-bond acceptors (Lipinski definition) is 3. The van der Waals surface area contributed by atoms with Crippen LogP contribution in [0.1, 0.15) is 43.4 Å². The Morgan fingerprint density at radius 1 is 1.37 bits per heavy atom. The van der Waals surface area contributed by atoms with Crippen molar-refractivity contribution in [3.8, 4) is 0 Å². The van der Waals surface area contributed by atoms with Gasteiger partial charge in [0.05, 0.1) is 0 Å². The molecular weight excluding hydrogens is 234 g/mol. The van der Waals surface area contributed by atoms with Gasteiger partial charge in [-0.25, -0.2) is 0 Å². The first-order valence-corrected chi connectivity index (χ1v) is 7.59. The normalized spacial score (nSPS) is 24.6. The van der Waals surface area contributed by atoms with E-state index in [1.807, 2.05) is 6.07 Å². The van der Waals surface area contributed by atoms with Crippen LogP contribution >= 0.6 is 0 Å². The number of rotatable bonds is 4. The Balaban J connectivity index is 1.59. The van der Waals surface area contributed by atoms with Gasteiger partial charge in [0.15, 0.2) is 0 Å². The Hall–Kier alpha value is -1.06. The van der Waals surface area contributed by atoms with E-state index in [4.69, 9.17) is 5.73 Å². The van der Waals surface area contributed by atoms with Crippen LogP contribution in [0.5, 0.6) is 0 Å². The van der Waals surface area contributed by atoms with Crippen molar-refractivity contribution in [1.82, 2.24) is 10.2 Å². The molecule has 3 rings (SSSR count). The molecular formula is C16H25N3. The molecule has 3 N–H and O–H groups in total. The topological polar surface area (TPSA) is 41.3 Å². The van der Waals surface area contributed by atoms with Crippen molar-refractivity contribution < 1.29 is 0 Å². The first-order chi connectivity index (χ1) is 9.22. The maximum absolute atomic E-state index is 5.86. The summed E-state index contributed by atoms with van der Waals surface area (Å²) in [7, 11) is 0. The zero-order valence-electron chi connectivity index (χ0n) is 11.9. The van der Waals surface area contributed by atoms with E-state index < -0.39 is 0 Å². The van der Waals surface area contributed by atoms with Gasteiger partial charge in [0.1, 0.15) is 0 Å². The summed E-state index contributed by atoms with van der Waals surface area (Å²) >= 11 is 0. The molecule has 0 spiro atoms. The van der Waals surface area contributed by atoms with Crippen molar-refractivity contribution in [2.75, 3.05) is 25.4 Å². The molecule has 0 radical (unpaired) electrons. The number of nitrogens with one attached hydrogen (secondary N) is 1. The maximum atomic E-state index is 5.86. The van der Waals surface area contributed by atoms with E-state index in [2.05, 4.69) is 29.3 Å². The summed E-state index contributed by atoms with van der Waals surface area (Å²) in [5.41, 5.74) is 9.65. The predicted octanol–water partition coefficient (Wildman–Crippen LogP) is 2.33. The molecule has 1 aromatic carbocycles. The van der Waals surface area contributed by atoms with E-state index in [1.165, 1.54) is 50.0 Å². The van der Waals surface area contributed by atoms with E-state index in [-0.39, 0.29) is 0 Å². The number of benzene rings is 1. The maximum Gasteiger partial charge on any atom is 0.0328 e. The molecule has 3 nitrogen and oxygen atoms in total. The summed E-state index contributed by atoms with van der Waals surface area (Å²) in [5, 5.41) is 3.80. The lowest BCUT2D eigenvalue weighted by atomic mass is 10.1. The molecule has 1 aliphatic carbocycles. The molecule has 104 valence electrons. The third kappa shape index (κ3) is 2.93. The fourth-order valence-corrected chi connectivity index (χ4v) is 3.56. The van der Waals surface area contributed by atoms with Gasteiger partial charge in [-0.05, 0) is 69.0 Å². The Labute approximate surface area is 116 Å². The minimum absolute atomic E-state index is 0.521. The summed E-state index contributed by atoms with van der Waals surface area (Å²) in [6.07, 6.45) is 5.12. The van der Waals surface area contributed by atoms with E-state index in [0.717, 1.165) is 12.1 Å². The fraction of sp³-hybridized carbons (Fsp3) is 0.625. The third-order valence-electron chi connectivity index (χ3n) is 4.46. The Kier molecular flexibility index (Phi) is 3.76. The smallest absolute Gasteiger partial charge is 0.0328 e. The summed E-state index contributed by atoms with van der Waals surface area (Å²) in [6, 6.07) is 7.46. The molecule has 3 heteroatoms. The minimum atomic E-state index is 0.521. The molecule has 2 aliphatic rings. The first kappa shape index (κ1) is 12.9. The lowest BCUT2D eigenvalue weighted by molar-refractivity contribution is 0.286. The van der Waals surface area contributed by atoms with Crippen LogP contribution < -0.4 is 11.1 Å². The molecule has 1 saturated heterocycles. The first-order valence-electron chi connectivity index (χ1n) is 7.59. The highest BCUT2D eigenvalue weighted by atomic mass is 15.2. The van der Waals surface area contributed by atoms with Gasteiger partial charge in [0.25, 0.3) is 0 Å². The molecule has 0 aromatic heterocycles. The van der Waals surface area contributed by atoms with E-state index in [0.29, 0.717) is 12.1 Å². The fourth-order valence-electron chi connectivity index (χ4n) is 3.56. The predicted molar refractivity (Wildman–Crippen MR) is 80.2 cm³/mol. The van der Waals surface area contributed by atoms with Crippen molar-refractivity contribution >= 4 is 5.69 Å². The highest BCUT2D eigenvalue weighted by molar-refractivity contribution is 5.47. The van der Waals surface area contributed by atoms with E-state index in [1.54, 1.807) is 0 Å². The number of aryl methyl sites for hydroxylation is 1. The molecule has 2 unspecified atom stereocenters. The van der Waals surface area contributed by atoms with Gasteiger partial charge in [0, 0.05) is 24.3 Å². The van der Waals surface area contributed by atoms with Crippen LogP contribution in [0.3, 0.4) is 0 Å². The van der Waals surface area contributed by atoms with Crippen LogP contribution in [0.4, 0.5) is 5.69 Å². The quantitative estimate of drug-likeness (QED) is 0.815. The Bertz CT molecular complexity index is 438. The molecule has 1 aliphatic heterocycles. The van der Waals surface area contributed by atoms with Gasteiger partial charge < -0.3 is 16.0 Å². The third-order valence-corrected chi connectivity index (χ3v) is 4.46. The van der Waals surface area contributed by atoms with Crippen LogP contribution in [0, 0.1) is 0 Å². The number of nitrogen functional groups attached to an aromatic ring is 1. The van der Waals surface area contributed by atoms with Crippen molar-refractivity contribution in [3.63, 3.8) is 0 Å². The highest BCUT2D eigenvalue weighted by Gasteiger charge is 2.24. The van der Waals surface area contributed by atoms with Gasteiger partial charge in [0.2, 0.25) is 0 Å². The van der Waals surface area contributed by atoms with E-state index >= 15 is 0 Å². The number of likely N-dealkylation sites (tertiary alicyclic amines) is 1. The number of anilines is 1. The zero-order chi connectivity index (χ0) is 13.2. The summed E-state index contributed by atoms with van der Waals surface area (Å²) in [4.78, 5) is 2.58. The minimum Gasteiger partial charge on any atom is -0.399 e. The average Bonchev–Trinajstić information content (AvgIpc) is 2.99. The van der Waals surface area contributed by atoms with Crippen LogP contribution in [0.2, 0.25) is 0 Å². The number of fused-ring (bicyclic) bond motifs is 1. The summed E-state index contributed by atoms with van der Waals surface area (Å²) in [6.45, 7) is 6.06. The molecule has 0 saturated carbocycles. The average molecular weight is 259 g/mol. The largest absolute Gasteiger partial charge is 0.399 e. The summed E-state index contributed by atoms with van der Waals surface area (Å²) < 4.78 is 0. The van der Waals surface area contributed by atoms with Crippen LogP contribution in [-0.4, -0.2) is 30.6 Å². The Morgan fingerprint density at radius 2 is 2.16 bits per heavy atom. The Morgan fingerprint density at radius 3 is 2.95 bits per heavy atom. The van der Waals surface area contributed by atoms with Gasteiger partial charge in [-0.15, -0.1) is 0 Å². The molecule has 2 atom stereocenters. The zero-order valence-corrected chi connectivity index (χ0v) is 11.9. The van der Waals surface area contributed by atoms with Crippen LogP contribution in [0.25, 0.3) is 0 Å². The lowest BCUT2D eigenvalue weighted by Crippen LogP contribution is -2.39. The van der Waals surface area contributed by atoms with Crippen molar-refractivity contribution in [2.24, 2.45) is 0 Å². The SMILES string of the molecule is CC(CN1CCCC1)NC1CCc2cc(N)ccc21. The number of nitrogens with zero attached hydrogens (tertiary/aromatic N) is 1. The standard InChI is InChI=1S/C16H25N3/c1-12(11-19-8-2-3-9-19)18-16-7-4-13-10-14(17)5-6-15(13)16/h5-6,10,12,16,18H,2-4,7-9,11,17H2,1H3. The van der Waals surface area contributed by atoms with Gasteiger partial charge >= 0.3 is 0 Å². The monoisotopic (exact) mass is 259 g/mol. The molecule has 1 heterocycles. The molecule has 1 aromatic rings. The second kappa shape index (κ2) is 5.51. The van der Waals surface area contributed by atoms with Crippen molar-refractivity contribution in [1.29, 1.82) is 0 Å².